The summed E-state index contributed by atoms with van der Waals surface area (Å²) in [4.78, 5) is 203. The number of esters is 2. The van der Waals surface area contributed by atoms with Gasteiger partial charge in [0.2, 0.25) is 23.6 Å². The van der Waals surface area contributed by atoms with E-state index in [0.29, 0.717) is 0 Å². The summed E-state index contributed by atoms with van der Waals surface area (Å²) in [6, 6.07) is -10.4. The van der Waals surface area contributed by atoms with Crippen LogP contribution in [0.25, 0.3) is 6.08 Å². The van der Waals surface area contributed by atoms with Crippen molar-refractivity contribution in [2.45, 2.75) is 165 Å². The number of methoxy groups -OCH3 is 1. The van der Waals surface area contributed by atoms with Gasteiger partial charge in [0.1, 0.15) is 113 Å². The average Bonchev–Trinajstić information content (AvgIpc) is 1.49. The summed E-state index contributed by atoms with van der Waals surface area (Å²) >= 11 is 4.40. The van der Waals surface area contributed by atoms with Gasteiger partial charge in [-0.1, -0.05) is 58.4 Å². The lowest BCUT2D eigenvalue weighted by atomic mass is 9.80. The van der Waals surface area contributed by atoms with E-state index in [1.807, 2.05) is 0 Å². The van der Waals surface area contributed by atoms with Gasteiger partial charge >= 0.3 is 11.9 Å². The molecule has 15 atom stereocenters. The zero-order valence-electron chi connectivity index (χ0n) is 62.8. The van der Waals surface area contributed by atoms with E-state index in [4.69, 9.17) is 19.7 Å². The number of carbonyl (C=O) groups is 12. The summed E-state index contributed by atoms with van der Waals surface area (Å²) in [6.45, 7) is 27.0. The molecule has 37 nitrogen and oxygen atoms in total. The van der Waals surface area contributed by atoms with Crippen LogP contribution in [0.2, 0.25) is 0 Å². The number of cyclic esters (lactones) is 1. The normalized spacial score (nSPS) is 26.0. The zero-order chi connectivity index (χ0) is 83.4. The molecule has 5 aromatic heterocycles. The zero-order valence-corrected chi connectivity index (χ0v) is 66.9. The Labute approximate surface area is 670 Å². The number of aromatic nitrogens is 5. The maximum atomic E-state index is 15.4. The first kappa shape index (κ1) is 85.6. The third-order valence-corrected chi connectivity index (χ3v) is 23.7. The Hall–Kier alpha value is -10.8. The summed E-state index contributed by atoms with van der Waals surface area (Å²) < 4.78 is 10.8. The molecule has 114 heavy (non-hydrogen) atoms. The summed E-state index contributed by atoms with van der Waals surface area (Å²) in [5, 5.41) is 91.6. The van der Waals surface area contributed by atoms with E-state index in [2.05, 4.69) is 109 Å². The second-order valence-electron chi connectivity index (χ2n) is 27.5. The molecule has 0 saturated carbocycles. The number of hydrogen-bond donors (Lipinski definition) is 16. The molecule has 5 aliphatic rings. The molecule has 10 amide bonds. The van der Waals surface area contributed by atoms with Gasteiger partial charge < -0.3 is 88.2 Å². The molecule has 0 fully saturated rings. The third kappa shape index (κ3) is 18.5. The van der Waals surface area contributed by atoms with Gasteiger partial charge in [0.25, 0.3) is 35.4 Å². The summed E-state index contributed by atoms with van der Waals surface area (Å²) in [5.41, 5.74) is -7.73. The number of pyridine rings is 1. The van der Waals surface area contributed by atoms with Crippen molar-refractivity contribution in [3.8, 4) is 0 Å². The second kappa shape index (κ2) is 35.3. The van der Waals surface area contributed by atoms with Crippen LogP contribution in [0.5, 0.6) is 0 Å². The minimum Gasteiger partial charge on any atom is -0.464 e. The molecule has 13 bridgehead atoms. The Kier molecular flexibility index (Phi) is 26.5. The highest BCUT2D eigenvalue weighted by atomic mass is 32.2. The number of nitrogens with zero attached hydrogens (tertiary/aromatic N) is 7. The molecule has 10 rings (SSSR count). The first-order valence-corrected chi connectivity index (χ1v) is 39.6. The summed E-state index contributed by atoms with van der Waals surface area (Å²) in [5.74, 6) is -12.6. The number of hydrogen-bond acceptors (Lipinski definition) is 32. The van der Waals surface area contributed by atoms with Crippen molar-refractivity contribution in [3.63, 3.8) is 0 Å². The number of aliphatic hydroxyl groups is 5. The van der Waals surface area contributed by atoms with Gasteiger partial charge in [0, 0.05) is 32.8 Å². The van der Waals surface area contributed by atoms with Crippen LogP contribution < -0.4 is 58.5 Å². The molecular weight excluding hydrogens is 1580 g/mol. The van der Waals surface area contributed by atoms with Crippen molar-refractivity contribution < 1.29 is 92.5 Å². The van der Waals surface area contributed by atoms with Gasteiger partial charge in [-0.05, 0) is 78.9 Å². The van der Waals surface area contributed by atoms with Crippen LogP contribution in [0.15, 0.2) is 105 Å². The van der Waals surface area contributed by atoms with E-state index >= 15 is 14.4 Å². The fraction of sp³-hybridized carbons (Fsp3) is 0.403. The lowest BCUT2D eigenvalue weighted by Crippen LogP contribution is -2.57. The van der Waals surface area contributed by atoms with Crippen LogP contribution in [0.4, 0.5) is 0 Å². The number of nitrogens with one attached hydrogen (secondary N) is 11. The number of aliphatic imine (C=N–C) groups is 2. The molecule has 9 heterocycles. The number of thiazole rings is 4. The maximum Gasteiger partial charge on any atom is 0.357 e. The predicted octanol–water partition coefficient (Wildman–Crippen LogP) is 1.20. The monoisotopic (exact) mass is 1660 g/mol. The van der Waals surface area contributed by atoms with Crippen molar-refractivity contribution in [2.24, 2.45) is 15.9 Å². The topological polar surface area (TPSA) is 546 Å². The van der Waals surface area contributed by atoms with Crippen molar-refractivity contribution >= 4 is 145 Å². The first-order valence-electron chi connectivity index (χ1n) is 35.1. The molecule has 4 aliphatic heterocycles. The van der Waals surface area contributed by atoms with Crippen LogP contribution in [-0.2, 0) is 53.4 Å². The number of fused-ring (bicyclic) bond motifs is 7. The lowest BCUT2D eigenvalue weighted by molar-refractivity contribution is -0.137. The van der Waals surface area contributed by atoms with Gasteiger partial charge in [0.15, 0.2) is 0 Å². The maximum absolute atomic E-state index is 15.4. The van der Waals surface area contributed by atoms with E-state index in [-0.39, 0.29) is 89.0 Å². The Morgan fingerprint density at radius 1 is 0.746 bits per heavy atom. The Morgan fingerprint density at radius 2 is 1.42 bits per heavy atom. The quantitative estimate of drug-likeness (QED) is 0.0652. The molecule has 5 aromatic rings. The highest BCUT2D eigenvalue weighted by Crippen LogP contribution is 2.48. The molecule has 0 unspecified atom stereocenters. The highest BCUT2D eigenvalue weighted by molar-refractivity contribution is 8.14. The van der Waals surface area contributed by atoms with E-state index in [9.17, 15) is 68.7 Å². The minimum absolute atomic E-state index is 0.0184. The van der Waals surface area contributed by atoms with Crippen LogP contribution in [-0.4, -0.2) is 199 Å². The van der Waals surface area contributed by atoms with Crippen molar-refractivity contribution in [2.75, 3.05) is 12.9 Å². The molecular formula is C72H82N18O19S5. The Balaban J connectivity index is 1.17. The van der Waals surface area contributed by atoms with Crippen LogP contribution in [0, 0.1) is 5.92 Å². The van der Waals surface area contributed by atoms with E-state index in [1.54, 1.807) is 20.8 Å². The van der Waals surface area contributed by atoms with Crippen molar-refractivity contribution in [1.29, 1.82) is 0 Å². The third-order valence-electron chi connectivity index (χ3n) is 18.8. The lowest BCUT2D eigenvalue weighted by Gasteiger charge is -2.41. The number of amides is 10. The average molecular weight is 1660 g/mol. The number of carbonyl (C=O) groups excluding carboxylic acids is 12. The van der Waals surface area contributed by atoms with Gasteiger partial charge in [-0.3, -0.25) is 63.2 Å². The molecule has 0 saturated heterocycles. The molecule has 1 aliphatic carbocycles. The van der Waals surface area contributed by atoms with Gasteiger partial charge in [-0.25, -0.2) is 34.5 Å². The largest absolute Gasteiger partial charge is 0.464 e. The van der Waals surface area contributed by atoms with E-state index in [0.717, 1.165) is 64.2 Å². The smallest absolute Gasteiger partial charge is 0.357 e. The van der Waals surface area contributed by atoms with Gasteiger partial charge in [-0.2, -0.15) is 0 Å². The minimum atomic E-state index is -2.21. The first-order chi connectivity index (χ1) is 53.7. The molecule has 0 radical (unpaired) electrons. The summed E-state index contributed by atoms with van der Waals surface area (Å²) in [7, 11) is 1.06. The number of thioether (sulfide) groups is 1. The van der Waals surface area contributed by atoms with Crippen molar-refractivity contribution in [1.82, 2.24) is 83.4 Å². The second-order valence-corrected chi connectivity index (χ2v) is 32.0. The molecule has 0 aromatic carbocycles. The summed E-state index contributed by atoms with van der Waals surface area (Å²) in [6.07, 6.45) is -3.71. The number of aliphatic hydroxyl groups excluding tert-OH is 4. The number of ether oxygens (including phenoxy) is 2. The predicted molar refractivity (Wildman–Crippen MR) is 416 cm³/mol. The van der Waals surface area contributed by atoms with Crippen LogP contribution >= 0.6 is 57.1 Å². The standard InChI is InChI=1S/C72H82N18O19S5/c1-15-38-64-83-45(23-110-64)61(102)89-53(71(13,107)35(12)93)67-85-44(24-113-67)59(100)88-49-34(11)109-69(106)41-20-37(32(9)91)36-16-17-39(51(94)50(36)79-41)78-47(26(2)3)62(103)76-29(6)55(96)73-27(4)54(95)74-30(7)57(98)90-72(70-86-46(25-114-70)60(101)87-48(33(10)92)63(104)81-38)19-18-40(80-52(72)42-21-112-66(49)82-42)65-84-43(22-111-65)58(99)75-28(5)56(97)77-31(8)68(105)108-14/h15-17,20-22,24-26,30,32-35,39,45,47-49,51-53,78,91-94,107H,4-6,8,18-19,23H2,1-3,7,9-14H3,(H,73,96)(H,74,95)(H,75,99)(H,76,103)(H,77,97)(H,81,104)(H,87,101)(H,88,100)(H,89,102)(H,90,98)/t30-,32+,33-,34-,35+,39-,45+,47+,48-,49-,51-,52+,53+,71+,72+/m0/s1. The van der Waals surface area contributed by atoms with E-state index < -0.39 is 201 Å². The van der Waals surface area contributed by atoms with E-state index in [1.165, 1.54) is 87.4 Å². The van der Waals surface area contributed by atoms with Gasteiger partial charge in [0.05, 0.1) is 77.4 Å². The van der Waals surface area contributed by atoms with Crippen molar-refractivity contribution in [3.05, 3.63) is 160 Å². The molecule has 604 valence electrons. The number of rotatable bonds is 11. The fourth-order valence-electron chi connectivity index (χ4n) is 12.2. The number of allylic oxidation sites excluding steroid dienone is 1. The SMILES string of the molecule is C=C1NC(=O)[C@@H](C(C)C)N[C@H]2C=Cc3c([C@@H](C)O)cc(nc3[C@H]2O)C(=O)O[C@@H](C)[C@@H]2NC(=O)c3csc(n3)[C@H]([C@](C)(O)[C@@H](C)O)NC(=O)[C@H]3CSC(=N3)C(=CC)NC(=O)[C@H]([C@H](C)O)NC(=O)c3csc(n3)[C@]3(CCC(c4nc(C(=O)NC(=C)C(=O)NC(=C)C(=O)OC)cs4)=N[C@@H]3c3csc2n3)NC(=O)[C@H](C)NC(=O)C(=C)NC1=O. The van der Waals surface area contributed by atoms with Gasteiger partial charge in [-0.15, -0.1) is 57.1 Å². The fourth-order valence-corrected chi connectivity index (χ4v) is 17.0. The Bertz CT molecular complexity index is 4940. The Morgan fingerprint density at radius 3 is 2.10 bits per heavy atom. The molecule has 0 spiro atoms. The van der Waals surface area contributed by atoms with Crippen LogP contribution in [0.3, 0.4) is 0 Å². The molecule has 16 N–H and O–H groups in total. The highest BCUT2D eigenvalue weighted by Gasteiger charge is 2.51. The molecule has 42 heteroatoms. The van der Waals surface area contributed by atoms with Crippen LogP contribution in [0.1, 0.15) is 190 Å².